The first-order valence-corrected chi connectivity index (χ1v) is 8.01. The quantitative estimate of drug-likeness (QED) is 0.904. The Kier molecular flexibility index (Phi) is 5.51. The summed E-state index contributed by atoms with van der Waals surface area (Å²) in [6.45, 7) is 6.20. The molecule has 20 heavy (non-hydrogen) atoms. The molecule has 1 aliphatic rings. The largest absolute Gasteiger partial charge is 0.372 e. The fourth-order valence-corrected chi connectivity index (χ4v) is 3.34. The average molecular weight is 297 g/mol. The van der Waals surface area contributed by atoms with Gasteiger partial charge in [0.25, 0.3) is 5.91 Å². The van der Waals surface area contributed by atoms with Crippen LogP contribution in [0.2, 0.25) is 0 Å². The third-order valence-corrected chi connectivity index (χ3v) is 4.76. The summed E-state index contributed by atoms with van der Waals surface area (Å²) in [6.07, 6.45) is 3.83. The summed E-state index contributed by atoms with van der Waals surface area (Å²) < 4.78 is 5.51. The smallest absolute Gasteiger partial charge is 0.265 e. The van der Waals surface area contributed by atoms with E-state index in [1.54, 1.807) is 6.20 Å². The molecule has 2 heterocycles. The van der Waals surface area contributed by atoms with Crippen LogP contribution in [0.1, 0.15) is 47.5 Å². The average Bonchev–Trinajstić information content (AvgIpc) is 2.96. The summed E-state index contributed by atoms with van der Waals surface area (Å²) in [5, 5.41) is 4.13. The second kappa shape index (κ2) is 7.15. The fourth-order valence-electron chi connectivity index (χ4n) is 2.45. The lowest BCUT2D eigenvalue weighted by Gasteiger charge is -2.32. The minimum Gasteiger partial charge on any atom is -0.372 e. The number of carbonyl (C=O) groups is 1. The molecule has 6 heteroatoms. The number of thiazole rings is 1. The molecular formula is C14H23N3O2S. The standard InChI is InChI=1S/C14H23N3O2S/c1-4-19-10(2)13-16-8-12(20-13)14(18)17-7-5-6-11(9-17)15-3/h8,10-11,15H,4-7,9H2,1-3H3. The number of nitrogens with zero attached hydrogens (tertiary/aromatic N) is 2. The van der Waals surface area contributed by atoms with Crippen LogP contribution in [0.25, 0.3) is 0 Å². The summed E-state index contributed by atoms with van der Waals surface area (Å²) >= 11 is 1.44. The zero-order valence-corrected chi connectivity index (χ0v) is 13.2. The Morgan fingerprint density at radius 2 is 2.50 bits per heavy atom. The summed E-state index contributed by atoms with van der Waals surface area (Å²) in [5.41, 5.74) is 0. The topological polar surface area (TPSA) is 54.5 Å². The molecule has 1 fully saturated rings. The highest BCUT2D eigenvalue weighted by Crippen LogP contribution is 2.24. The highest BCUT2D eigenvalue weighted by atomic mass is 32.1. The van der Waals surface area contributed by atoms with Crippen molar-refractivity contribution in [2.45, 2.75) is 38.8 Å². The highest BCUT2D eigenvalue weighted by molar-refractivity contribution is 7.13. The first-order chi connectivity index (χ1) is 9.65. The lowest BCUT2D eigenvalue weighted by molar-refractivity contribution is 0.0703. The first-order valence-electron chi connectivity index (χ1n) is 7.19. The van der Waals surface area contributed by atoms with Gasteiger partial charge in [0.05, 0.1) is 6.20 Å². The van der Waals surface area contributed by atoms with Crippen LogP contribution in [-0.2, 0) is 4.74 Å². The monoisotopic (exact) mass is 297 g/mol. The van der Waals surface area contributed by atoms with Gasteiger partial charge in [-0.2, -0.15) is 0 Å². The first kappa shape index (κ1) is 15.4. The van der Waals surface area contributed by atoms with Gasteiger partial charge in [-0.3, -0.25) is 4.79 Å². The molecule has 112 valence electrons. The number of amides is 1. The maximum atomic E-state index is 12.5. The van der Waals surface area contributed by atoms with Crippen molar-refractivity contribution in [1.82, 2.24) is 15.2 Å². The molecule has 1 aliphatic heterocycles. The molecule has 1 amide bonds. The summed E-state index contributed by atoms with van der Waals surface area (Å²) in [7, 11) is 1.95. The molecule has 0 radical (unpaired) electrons. The Bertz CT molecular complexity index is 449. The van der Waals surface area contributed by atoms with Gasteiger partial charge in [-0.1, -0.05) is 0 Å². The van der Waals surface area contributed by atoms with E-state index in [4.69, 9.17) is 4.74 Å². The molecule has 0 aromatic carbocycles. The molecule has 0 spiro atoms. The number of aromatic nitrogens is 1. The molecule has 1 saturated heterocycles. The van der Waals surface area contributed by atoms with Gasteiger partial charge in [0.1, 0.15) is 16.0 Å². The van der Waals surface area contributed by atoms with Crippen molar-refractivity contribution in [3.05, 3.63) is 16.1 Å². The maximum Gasteiger partial charge on any atom is 0.265 e. The van der Waals surface area contributed by atoms with Gasteiger partial charge < -0.3 is 15.0 Å². The SMILES string of the molecule is CCOC(C)c1ncc(C(=O)N2CCCC(NC)C2)s1. The normalized spacial score (nSPS) is 20.9. The molecule has 1 N–H and O–H groups in total. The van der Waals surface area contributed by atoms with Gasteiger partial charge in [0.2, 0.25) is 0 Å². The summed E-state index contributed by atoms with van der Waals surface area (Å²) in [4.78, 5) is 19.4. The molecule has 2 rings (SSSR count). The molecule has 2 atom stereocenters. The number of carbonyl (C=O) groups excluding carboxylic acids is 1. The van der Waals surface area contributed by atoms with E-state index in [0.717, 1.165) is 30.9 Å². The van der Waals surface area contributed by atoms with E-state index in [1.165, 1.54) is 11.3 Å². The van der Waals surface area contributed by atoms with Gasteiger partial charge in [-0.05, 0) is 33.7 Å². The predicted octanol–water partition coefficient (Wildman–Crippen LogP) is 2.06. The summed E-state index contributed by atoms with van der Waals surface area (Å²) in [6, 6.07) is 0.405. The van der Waals surface area contributed by atoms with Crippen LogP contribution in [0.3, 0.4) is 0 Å². The lowest BCUT2D eigenvalue weighted by Crippen LogP contribution is -2.46. The Morgan fingerprint density at radius 1 is 1.70 bits per heavy atom. The van der Waals surface area contributed by atoms with Crippen LogP contribution in [0.5, 0.6) is 0 Å². The van der Waals surface area contributed by atoms with Crippen LogP contribution in [-0.4, -0.2) is 48.6 Å². The highest BCUT2D eigenvalue weighted by Gasteiger charge is 2.25. The van der Waals surface area contributed by atoms with Crippen LogP contribution in [0.4, 0.5) is 0 Å². The zero-order valence-electron chi connectivity index (χ0n) is 12.4. The Labute approximate surface area is 124 Å². The molecule has 0 bridgehead atoms. The number of ether oxygens (including phenoxy) is 1. The van der Waals surface area contributed by atoms with Crippen molar-refractivity contribution in [3.63, 3.8) is 0 Å². The van der Waals surface area contributed by atoms with Crippen LogP contribution >= 0.6 is 11.3 Å². The van der Waals surface area contributed by atoms with Gasteiger partial charge in [0.15, 0.2) is 0 Å². The Morgan fingerprint density at radius 3 is 3.20 bits per heavy atom. The number of rotatable bonds is 5. The second-order valence-electron chi connectivity index (χ2n) is 5.04. The van der Waals surface area contributed by atoms with E-state index in [-0.39, 0.29) is 12.0 Å². The molecular weight excluding hydrogens is 274 g/mol. The molecule has 1 aromatic rings. The number of piperidine rings is 1. The van der Waals surface area contributed by atoms with Crippen molar-refractivity contribution in [2.75, 3.05) is 26.7 Å². The van der Waals surface area contributed by atoms with Crippen molar-refractivity contribution in [3.8, 4) is 0 Å². The molecule has 1 aromatic heterocycles. The molecule has 0 aliphatic carbocycles. The zero-order chi connectivity index (χ0) is 14.5. The van der Waals surface area contributed by atoms with E-state index in [0.29, 0.717) is 17.5 Å². The molecule has 0 saturated carbocycles. The minimum atomic E-state index is -0.0436. The number of hydrogen-bond acceptors (Lipinski definition) is 5. The number of nitrogens with one attached hydrogen (secondary N) is 1. The molecule has 5 nitrogen and oxygen atoms in total. The number of likely N-dealkylation sites (N-methyl/N-ethyl adjacent to an activating group) is 1. The van der Waals surface area contributed by atoms with Gasteiger partial charge in [-0.25, -0.2) is 4.98 Å². The van der Waals surface area contributed by atoms with E-state index < -0.39 is 0 Å². The van der Waals surface area contributed by atoms with Gasteiger partial charge in [-0.15, -0.1) is 11.3 Å². The Balaban J connectivity index is 2.02. The fraction of sp³-hybridized carbons (Fsp3) is 0.714. The van der Waals surface area contributed by atoms with Crippen LogP contribution in [0.15, 0.2) is 6.20 Å². The minimum absolute atomic E-state index is 0.0436. The van der Waals surface area contributed by atoms with Crippen molar-refractivity contribution >= 4 is 17.2 Å². The van der Waals surface area contributed by atoms with Crippen molar-refractivity contribution < 1.29 is 9.53 Å². The van der Waals surface area contributed by atoms with E-state index in [2.05, 4.69) is 10.3 Å². The van der Waals surface area contributed by atoms with Gasteiger partial charge >= 0.3 is 0 Å². The summed E-state index contributed by atoms with van der Waals surface area (Å²) in [5.74, 6) is 0.0948. The number of likely N-dealkylation sites (tertiary alicyclic amines) is 1. The third-order valence-electron chi connectivity index (χ3n) is 3.62. The predicted molar refractivity (Wildman–Crippen MR) is 80.1 cm³/mol. The van der Waals surface area contributed by atoms with Gasteiger partial charge in [0, 0.05) is 25.7 Å². The van der Waals surface area contributed by atoms with E-state index in [9.17, 15) is 4.79 Å². The van der Waals surface area contributed by atoms with Crippen LogP contribution < -0.4 is 5.32 Å². The van der Waals surface area contributed by atoms with E-state index in [1.807, 2.05) is 25.8 Å². The van der Waals surface area contributed by atoms with Crippen molar-refractivity contribution in [2.24, 2.45) is 0 Å². The lowest BCUT2D eigenvalue weighted by atomic mass is 10.1. The van der Waals surface area contributed by atoms with Crippen LogP contribution in [0, 0.1) is 0 Å². The van der Waals surface area contributed by atoms with Crippen molar-refractivity contribution in [1.29, 1.82) is 0 Å². The number of hydrogen-bond donors (Lipinski definition) is 1. The maximum absolute atomic E-state index is 12.5. The third kappa shape index (κ3) is 3.56. The second-order valence-corrected chi connectivity index (χ2v) is 6.10. The van der Waals surface area contributed by atoms with E-state index >= 15 is 0 Å². The Hall–Kier alpha value is -0.980. The molecule has 2 unspecified atom stereocenters.